The molecule has 0 radical (unpaired) electrons. The van der Waals surface area contributed by atoms with Gasteiger partial charge in [0.1, 0.15) is 6.67 Å². The molecule has 0 N–H and O–H groups in total. The summed E-state index contributed by atoms with van der Waals surface area (Å²) in [5, 5.41) is 12.1. The lowest BCUT2D eigenvalue weighted by atomic mass is 10.3. The lowest BCUT2D eigenvalue weighted by Crippen LogP contribution is -1.98. The minimum absolute atomic E-state index is 0.269. The van der Waals surface area contributed by atoms with Gasteiger partial charge in [-0.25, -0.2) is 4.39 Å². The van der Waals surface area contributed by atoms with Crippen molar-refractivity contribution in [3.05, 3.63) is 18.0 Å². The Labute approximate surface area is 64.1 Å². The Morgan fingerprint density at radius 3 is 3.18 bits per heavy atom. The van der Waals surface area contributed by atoms with Crippen molar-refractivity contribution >= 4 is 0 Å². The second-order valence-corrected chi connectivity index (χ2v) is 2.14. The van der Waals surface area contributed by atoms with Crippen LogP contribution in [0.15, 0.2) is 12.4 Å². The highest BCUT2D eigenvalue weighted by Gasteiger charge is 1.95. The minimum Gasteiger partial charge on any atom is -0.270 e. The summed E-state index contributed by atoms with van der Waals surface area (Å²) in [7, 11) is 0. The summed E-state index contributed by atoms with van der Waals surface area (Å²) in [5.74, 6) is 0. The van der Waals surface area contributed by atoms with Crippen molar-refractivity contribution in [2.45, 2.75) is 13.0 Å². The fourth-order valence-electron chi connectivity index (χ4n) is 0.798. The normalized spacial score (nSPS) is 9.45. The van der Waals surface area contributed by atoms with E-state index >= 15 is 0 Å². The van der Waals surface area contributed by atoms with E-state index in [0.29, 0.717) is 6.42 Å². The van der Waals surface area contributed by atoms with Gasteiger partial charge in [0.2, 0.25) is 0 Å². The summed E-state index contributed by atoms with van der Waals surface area (Å²) in [4.78, 5) is 0. The van der Waals surface area contributed by atoms with Crippen LogP contribution in [0.25, 0.3) is 0 Å². The average Bonchev–Trinajstić information content (AvgIpc) is 2.38. The highest BCUT2D eigenvalue weighted by atomic mass is 19.1. The minimum atomic E-state index is -0.423. The zero-order chi connectivity index (χ0) is 8.10. The molecule has 4 heteroatoms. The summed E-state index contributed by atoms with van der Waals surface area (Å²) in [5.41, 5.74) is 0.834. The summed E-state index contributed by atoms with van der Waals surface area (Å²) < 4.78 is 13.2. The molecule has 0 aliphatic heterocycles. The Bertz CT molecular complexity index is 261. The number of halogens is 1. The third-order valence-electron chi connectivity index (χ3n) is 1.28. The number of hydrogen-bond donors (Lipinski definition) is 0. The Morgan fingerprint density at radius 1 is 1.73 bits per heavy atom. The van der Waals surface area contributed by atoms with Crippen LogP contribution in [0.5, 0.6) is 0 Å². The van der Waals surface area contributed by atoms with E-state index in [9.17, 15) is 4.39 Å². The SMILES string of the molecule is N#CCc1cnn(CCF)c1. The predicted molar refractivity (Wildman–Crippen MR) is 37.5 cm³/mol. The Morgan fingerprint density at radius 2 is 2.55 bits per heavy atom. The molecular formula is C7H8FN3. The van der Waals surface area contributed by atoms with Crippen molar-refractivity contribution < 1.29 is 4.39 Å². The number of aryl methyl sites for hydroxylation is 1. The van der Waals surface area contributed by atoms with Crippen molar-refractivity contribution in [2.24, 2.45) is 0 Å². The van der Waals surface area contributed by atoms with Gasteiger partial charge in [0.05, 0.1) is 25.2 Å². The first-order valence-electron chi connectivity index (χ1n) is 3.31. The summed E-state index contributed by atoms with van der Waals surface area (Å²) >= 11 is 0. The smallest absolute Gasteiger partial charge is 0.109 e. The average molecular weight is 153 g/mol. The molecule has 58 valence electrons. The van der Waals surface area contributed by atoms with Crippen molar-refractivity contribution in [2.75, 3.05) is 6.67 Å². The lowest BCUT2D eigenvalue weighted by molar-refractivity contribution is 0.427. The van der Waals surface area contributed by atoms with Crippen LogP contribution in [0, 0.1) is 11.3 Å². The van der Waals surface area contributed by atoms with Crippen LogP contribution < -0.4 is 0 Å². The molecule has 0 amide bonds. The molecule has 1 aromatic heterocycles. The van der Waals surface area contributed by atoms with Crippen LogP contribution in [0.3, 0.4) is 0 Å². The van der Waals surface area contributed by atoms with Crippen LogP contribution in [0.1, 0.15) is 5.56 Å². The molecule has 3 nitrogen and oxygen atoms in total. The van der Waals surface area contributed by atoms with Gasteiger partial charge in [-0.3, -0.25) is 4.68 Å². The van der Waals surface area contributed by atoms with Crippen LogP contribution >= 0.6 is 0 Å². The second kappa shape index (κ2) is 3.71. The van der Waals surface area contributed by atoms with E-state index < -0.39 is 6.67 Å². The molecule has 0 saturated heterocycles. The van der Waals surface area contributed by atoms with Gasteiger partial charge in [0.25, 0.3) is 0 Å². The van der Waals surface area contributed by atoms with E-state index in [1.807, 2.05) is 6.07 Å². The van der Waals surface area contributed by atoms with Gasteiger partial charge in [-0.15, -0.1) is 0 Å². The standard InChI is InChI=1S/C7H8FN3/c8-2-4-11-6-7(1-3-9)5-10-11/h5-6H,1-2,4H2. The molecule has 1 aromatic rings. The zero-order valence-electron chi connectivity index (χ0n) is 6.00. The van der Waals surface area contributed by atoms with Gasteiger partial charge >= 0.3 is 0 Å². The molecule has 0 aliphatic carbocycles. The number of alkyl halides is 1. The molecule has 0 aromatic carbocycles. The third-order valence-corrected chi connectivity index (χ3v) is 1.28. The molecule has 0 spiro atoms. The molecule has 0 atom stereocenters. The predicted octanol–water partition coefficient (Wildman–Crippen LogP) is 0.919. The lowest BCUT2D eigenvalue weighted by Gasteiger charge is -1.91. The highest BCUT2D eigenvalue weighted by Crippen LogP contribution is 1.97. The van der Waals surface area contributed by atoms with E-state index in [4.69, 9.17) is 5.26 Å². The Kier molecular flexibility index (Phi) is 2.61. The number of hydrogen-bond acceptors (Lipinski definition) is 2. The first kappa shape index (κ1) is 7.73. The van der Waals surface area contributed by atoms with Crippen molar-refractivity contribution in [1.82, 2.24) is 9.78 Å². The Balaban J connectivity index is 2.60. The fraction of sp³-hybridized carbons (Fsp3) is 0.429. The molecule has 0 saturated carbocycles. The van der Waals surface area contributed by atoms with Gasteiger partial charge < -0.3 is 0 Å². The molecule has 1 rings (SSSR count). The fourth-order valence-corrected chi connectivity index (χ4v) is 0.798. The maximum absolute atomic E-state index is 11.7. The van der Waals surface area contributed by atoms with Gasteiger partial charge in [-0.05, 0) is 0 Å². The van der Waals surface area contributed by atoms with Crippen LogP contribution in [-0.4, -0.2) is 16.5 Å². The number of nitrogens with zero attached hydrogens (tertiary/aromatic N) is 3. The van der Waals surface area contributed by atoms with Gasteiger partial charge in [-0.1, -0.05) is 0 Å². The molecule has 0 fully saturated rings. The van der Waals surface area contributed by atoms with E-state index in [-0.39, 0.29) is 6.54 Å². The molecule has 0 bridgehead atoms. The van der Waals surface area contributed by atoms with E-state index in [1.54, 1.807) is 12.4 Å². The molecule has 11 heavy (non-hydrogen) atoms. The van der Waals surface area contributed by atoms with Crippen LogP contribution in [0.4, 0.5) is 4.39 Å². The highest BCUT2D eigenvalue weighted by molar-refractivity contribution is 5.09. The number of aromatic nitrogens is 2. The molecule has 0 aliphatic rings. The van der Waals surface area contributed by atoms with Crippen LogP contribution in [-0.2, 0) is 13.0 Å². The van der Waals surface area contributed by atoms with E-state index in [2.05, 4.69) is 5.10 Å². The largest absolute Gasteiger partial charge is 0.270 e. The molecule has 1 heterocycles. The van der Waals surface area contributed by atoms with Crippen LogP contribution in [0.2, 0.25) is 0 Å². The van der Waals surface area contributed by atoms with E-state index in [1.165, 1.54) is 4.68 Å². The molecule has 0 unspecified atom stereocenters. The number of nitriles is 1. The van der Waals surface area contributed by atoms with Gasteiger partial charge in [-0.2, -0.15) is 10.4 Å². The van der Waals surface area contributed by atoms with Crippen molar-refractivity contribution in [3.8, 4) is 6.07 Å². The topological polar surface area (TPSA) is 41.6 Å². The van der Waals surface area contributed by atoms with Gasteiger partial charge in [0.15, 0.2) is 0 Å². The quantitative estimate of drug-likeness (QED) is 0.647. The first-order chi connectivity index (χ1) is 5.36. The second-order valence-electron chi connectivity index (χ2n) is 2.14. The van der Waals surface area contributed by atoms with E-state index in [0.717, 1.165) is 5.56 Å². The van der Waals surface area contributed by atoms with Crippen molar-refractivity contribution in [1.29, 1.82) is 5.26 Å². The summed E-state index contributed by atoms with van der Waals surface area (Å²) in [6, 6.07) is 1.99. The first-order valence-corrected chi connectivity index (χ1v) is 3.31. The maximum atomic E-state index is 11.7. The number of rotatable bonds is 3. The van der Waals surface area contributed by atoms with Crippen molar-refractivity contribution in [3.63, 3.8) is 0 Å². The zero-order valence-corrected chi connectivity index (χ0v) is 6.00. The maximum Gasteiger partial charge on any atom is 0.109 e. The Hall–Kier alpha value is -1.37. The molecular weight excluding hydrogens is 145 g/mol. The van der Waals surface area contributed by atoms with Gasteiger partial charge in [0, 0.05) is 11.8 Å². The third kappa shape index (κ3) is 2.04. The summed E-state index contributed by atoms with van der Waals surface area (Å²) in [6.07, 6.45) is 3.61. The monoisotopic (exact) mass is 153 g/mol. The summed E-state index contributed by atoms with van der Waals surface area (Å²) in [6.45, 7) is -0.154.